The number of hydrogen-bond acceptors (Lipinski definition) is 7. The third kappa shape index (κ3) is 7.05. The Bertz CT molecular complexity index is 1520. The van der Waals surface area contributed by atoms with Crippen molar-refractivity contribution >= 4 is 34.1 Å². The molecule has 234 valence electrons. The van der Waals surface area contributed by atoms with Crippen LogP contribution in [0.4, 0.5) is 5.69 Å². The molecule has 3 aromatic carbocycles. The van der Waals surface area contributed by atoms with Gasteiger partial charge in [-0.1, -0.05) is 45.0 Å². The average molecular weight is 602 g/mol. The molecule has 0 aliphatic carbocycles. The number of methoxy groups -OCH3 is 1. The van der Waals surface area contributed by atoms with Gasteiger partial charge in [-0.3, -0.25) is 19.3 Å². The van der Waals surface area contributed by atoms with Gasteiger partial charge in [0, 0.05) is 43.7 Å². The van der Waals surface area contributed by atoms with Gasteiger partial charge < -0.3 is 24.4 Å². The van der Waals surface area contributed by atoms with Crippen molar-refractivity contribution in [1.29, 1.82) is 0 Å². The van der Waals surface area contributed by atoms with Gasteiger partial charge in [0.15, 0.2) is 5.75 Å². The van der Waals surface area contributed by atoms with Crippen LogP contribution in [0.2, 0.25) is 0 Å². The maximum Gasteiger partial charge on any atom is 0.296 e. The van der Waals surface area contributed by atoms with Crippen molar-refractivity contribution in [3.63, 3.8) is 0 Å². The fourth-order valence-electron chi connectivity index (χ4n) is 5.81. The SMILES string of the molecule is COc1c(NC(=O)C(=O)c2ccc(OCCN3CCOCC3)c3ccccc23)cc(C(C)(C)C)cc1C(=O)N1CCCCC1. The number of anilines is 1. The van der Waals surface area contributed by atoms with Gasteiger partial charge in [0.25, 0.3) is 17.6 Å². The highest BCUT2D eigenvalue weighted by Crippen LogP contribution is 2.37. The molecule has 2 heterocycles. The maximum absolute atomic E-state index is 13.7. The first kappa shape index (κ1) is 31.5. The van der Waals surface area contributed by atoms with Crippen LogP contribution in [0.5, 0.6) is 11.5 Å². The number of amides is 2. The molecule has 0 radical (unpaired) electrons. The number of nitrogens with one attached hydrogen (secondary N) is 1. The molecule has 2 saturated heterocycles. The van der Waals surface area contributed by atoms with E-state index < -0.39 is 11.7 Å². The summed E-state index contributed by atoms with van der Waals surface area (Å²) < 4.78 is 17.3. The molecule has 44 heavy (non-hydrogen) atoms. The second-order valence-corrected chi connectivity index (χ2v) is 12.5. The van der Waals surface area contributed by atoms with Crippen molar-refractivity contribution in [2.75, 3.05) is 65.0 Å². The van der Waals surface area contributed by atoms with E-state index in [1.807, 2.05) is 56.0 Å². The third-order valence-electron chi connectivity index (χ3n) is 8.38. The first-order valence-corrected chi connectivity index (χ1v) is 15.5. The lowest BCUT2D eigenvalue weighted by Gasteiger charge is -2.29. The number of carbonyl (C=O) groups excluding carboxylic acids is 3. The van der Waals surface area contributed by atoms with E-state index in [1.165, 1.54) is 7.11 Å². The Morgan fingerprint density at radius 3 is 2.27 bits per heavy atom. The number of likely N-dealkylation sites (tertiary alicyclic amines) is 1. The predicted octanol–water partition coefficient (Wildman–Crippen LogP) is 5.30. The van der Waals surface area contributed by atoms with Crippen LogP contribution in [0.3, 0.4) is 0 Å². The van der Waals surface area contributed by atoms with Gasteiger partial charge in [0.2, 0.25) is 0 Å². The molecule has 2 aliphatic rings. The number of fused-ring (bicyclic) bond motifs is 1. The fraction of sp³-hybridized carbons (Fsp3) is 0.457. The number of piperidine rings is 1. The van der Waals surface area contributed by atoms with Gasteiger partial charge in [0.1, 0.15) is 12.4 Å². The molecule has 0 unspecified atom stereocenters. The molecule has 9 heteroatoms. The number of ketones is 1. The number of ether oxygens (including phenoxy) is 3. The smallest absolute Gasteiger partial charge is 0.296 e. The summed E-state index contributed by atoms with van der Waals surface area (Å²) in [6.45, 7) is 12.0. The molecular formula is C35H43N3O6. The van der Waals surface area contributed by atoms with Gasteiger partial charge in [-0.25, -0.2) is 0 Å². The quantitative estimate of drug-likeness (QED) is 0.263. The average Bonchev–Trinajstić information content (AvgIpc) is 3.04. The van der Waals surface area contributed by atoms with Crippen molar-refractivity contribution in [3.05, 3.63) is 65.2 Å². The number of hydrogen-bond donors (Lipinski definition) is 1. The molecule has 2 aliphatic heterocycles. The maximum atomic E-state index is 13.7. The van der Waals surface area contributed by atoms with Crippen LogP contribution in [0.1, 0.15) is 66.3 Å². The highest BCUT2D eigenvalue weighted by atomic mass is 16.5. The molecule has 0 spiro atoms. The van der Waals surface area contributed by atoms with E-state index in [0.29, 0.717) is 42.1 Å². The number of nitrogens with zero attached hydrogens (tertiary/aromatic N) is 2. The first-order valence-electron chi connectivity index (χ1n) is 15.5. The minimum absolute atomic E-state index is 0.135. The lowest BCUT2D eigenvalue weighted by molar-refractivity contribution is -0.112. The van der Waals surface area contributed by atoms with Crippen molar-refractivity contribution in [2.45, 2.75) is 45.4 Å². The molecule has 2 fully saturated rings. The topological polar surface area (TPSA) is 97.4 Å². The van der Waals surface area contributed by atoms with E-state index in [9.17, 15) is 14.4 Å². The highest BCUT2D eigenvalue weighted by Gasteiger charge is 2.29. The number of Topliss-reactive ketones (excluding diaryl/α,β-unsaturated/α-hetero) is 1. The van der Waals surface area contributed by atoms with Crippen molar-refractivity contribution in [3.8, 4) is 11.5 Å². The minimum atomic E-state index is -0.808. The molecule has 0 bridgehead atoms. The van der Waals surface area contributed by atoms with Gasteiger partial charge in [-0.15, -0.1) is 0 Å². The van der Waals surface area contributed by atoms with E-state index in [4.69, 9.17) is 14.2 Å². The number of rotatable bonds is 9. The number of carbonyl (C=O) groups is 3. The molecule has 9 nitrogen and oxygen atoms in total. The Balaban J connectivity index is 1.40. The zero-order valence-electron chi connectivity index (χ0n) is 26.2. The zero-order valence-corrected chi connectivity index (χ0v) is 26.2. The van der Waals surface area contributed by atoms with Crippen LogP contribution < -0.4 is 14.8 Å². The second kappa shape index (κ2) is 13.8. The summed E-state index contributed by atoms with van der Waals surface area (Å²) in [5.74, 6) is -0.718. The molecule has 1 N–H and O–H groups in total. The lowest BCUT2D eigenvalue weighted by atomic mass is 9.85. The van der Waals surface area contributed by atoms with Crippen LogP contribution in [0.15, 0.2) is 48.5 Å². The van der Waals surface area contributed by atoms with Crippen molar-refractivity contribution < 1.29 is 28.6 Å². The first-order chi connectivity index (χ1) is 21.2. The molecule has 2 amide bonds. The summed E-state index contributed by atoms with van der Waals surface area (Å²) in [5, 5.41) is 4.18. The summed E-state index contributed by atoms with van der Waals surface area (Å²) in [6, 6.07) is 14.5. The summed E-state index contributed by atoms with van der Waals surface area (Å²) in [6.07, 6.45) is 3.01. The zero-order chi connectivity index (χ0) is 31.3. The van der Waals surface area contributed by atoms with Crippen LogP contribution in [0.25, 0.3) is 10.8 Å². The van der Waals surface area contributed by atoms with Crippen molar-refractivity contribution in [2.24, 2.45) is 0 Å². The molecule has 0 aromatic heterocycles. The Labute approximate surface area is 259 Å². The normalized spacial score (nSPS) is 16.0. The van der Waals surface area contributed by atoms with Crippen LogP contribution >= 0.6 is 0 Å². The Morgan fingerprint density at radius 2 is 1.59 bits per heavy atom. The molecule has 0 saturated carbocycles. The summed E-state index contributed by atoms with van der Waals surface area (Å²) >= 11 is 0. The molecular weight excluding hydrogens is 558 g/mol. The highest BCUT2D eigenvalue weighted by molar-refractivity contribution is 6.48. The molecule has 0 atom stereocenters. The van der Waals surface area contributed by atoms with Gasteiger partial charge in [-0.05, 0) is 59.9 Å². The van der Waals surface area contributed by atoms with Crippen LogP contribution in [-0.2, 0) is 14.9 Å². The Kier molecular flexibility index (Phi) is 9.86. The van der Waals surface area contributed by atoms with E-state index >= 15 is 0 Å². The largest absolute Gasteiger partial charge is 0.494 e. The summed E-state index contributed by atoms with van der Waals surface area (Å²) in [7, 11) is 1.47. The molecule has 3 aromatic rings. The van der Waals surface area contributed by atoms with Crippen molar-refractivity contribution in [1.82, 2.24) is 9.80 Å². The number of benzene rings is 3. The van der Waals surface area contributed by atoms with E-state index in [-0.39, 0.29) is 22.6 Å². The fourth-order valence-corrected chi connectivity index (χ4v) is 5.81. The van der Waals surface area contributed by atoms with E-state index in [2.05, 4.69) is 10.2 Å². The van der Waals surface area contributed by atoms with E-state index in [0.717, 1.165) is 63.1 Å². The standard InChI is InChI=1S/C35H43N3O6/c1-35(2,3)24-22-28(34(41)38-14-8-5-9-15-38)32(42-4)29(23-24)36-33(40)31(39)27-12-13-30(26-11-7-6-10-25(26)27)44-21-18-37-16-19-43-20-17-37/h6-7,10-13,22-23H,5,8-9,14-21H2,1-4H3,(H,36,40). The third-order valence-corrected chi connectivity index (χ3v) is 8.38. The summed E-state index contributed by atoms with van der Waals surface area (Å²) in [4.78, 5) is 45.0. The lowest BCUT2D eigenvalue weighted by Crippen LogP contribution is -2.38. The summed E-state index contributed by atoms with van der Waals surface area (Å²) in [5.41, 5.74) is 1.49. The van der Waals surface area contributed by atoms with Gasteiger partial charge in [-0.2, -0.15) is 0 Å². The Hall–Kier alpha value is -3.95. The van der Waals surface area contributed by atoms with Gasteiger partial charge >= 0.3 is 0 Å². The van der Waals surface area contributed by atoms with Crippen LogP contribution in [-0.4, -0.2) is 87.1 Å². The van der Waals surface area contributed by atoms with Gasteiger partial charge in [0.05, 0.1) is 31.6 Å². The monoisotopic (exact) mass is 601 g/mol. The molecule has 5 rings (SSSR count). The Morgan fingerprint density at radius 1 is 0.886 bits per heavy atom. The minimum Gasteiger partial charge on any atom is -0.494 e. The predicted molar refractivity (Wildman–Crippen MR) is 171 cm³/mol. The van der Waals surface area contributed by atoms with Crippen LogP contribution in [0, 0.1) is 0 Å². The van der Waals surface area contributed by atoms with E-state index in [1.54, 1.807) is 18.2 Å². The number of morpholine rings is 1. The second-order valence-electron chi connectivity index (χ2n) is 12.5.